The van der Waals surface area contributed by atoms with Crippen molar-refractivity contribution in [2.75, 3.05) is 19.3 Å². The number of pyridine rings is 1. The first-order valence-electron chi connectivity index (χ1n) is 11.9. The average Bonchev–Trinajstić information content (AvgIpc) is 2.96. The zero-order valence-corrected chi connectivity index (χ0v) is 20.9. The number of amides is 2. The van der Waals surface area contributed by atoms with Crippen molar-refractivity contribution in [3.63, 3.8) is 0 Å². The van der Waals surface area contributed by atoms with Gasteiger partial charge in [0.05, 0.1) is 0 Å². The second-order valence-electron chi connectivity index (χ2n) is 8.58. The van der Waals surface area contributed by atoms with Crippen molar-refractivity contribution in [2.24, 2.45) is 0 Å². The Bertz CT molecular complexity index is 1190. The number of aromatic nitrogens is 1. The van der Waals surface area contributed by atoms with Crippen molar-refractivity contribution >= 4 is 34.6 Å². The Labute approximate surface area is 211 Å². The first-order chi connectivity index (χ1) is 17.5. The molecule has 1 aromatic heterocycles. The molecular formula is C29H30N3O3P. The Kier molecular flexibility index (Phi) is 7.89. The zero-order chi connectivity index (χ0) is 25.3. The Morgan fingerprint density at radius 1 is 0.694 bits per heavy atom. The third kappa shape index (κ3) is 5.20. The van der Waals surface area contributed by atoms with Crippen LogP contribution in [-0.2, 0) is 4.79 Å². The first-order valence-corrected chi connectivity index (χ1v) is 14.3. The van der Waals surface area contributed by atoms with E-state index in [2.05, 4.69) is 15.6 Å². The van der Waals surface area contributed by atoms with E-state index in [-0.39, 0.29) is 37.5 Å². The van der Waals surface area contributed by atoms with Gasteiger partial charge < -0.3 is 0 Å². The van der Waals surface area contributed by atoms with Crippen molar-refractivity contribution in [2.45, 2.75) is 6.42 Å². The summed E-state index contributed by atoms with van der Waals surface area (Å²) in [4.78, 5) is 42.0. The van der Waals surface area contributed by atoms with Crippen LogP contribution in [0.1, 0.15) is 16.8 Å². The Hall–Kier alpha value is -3.86. The van der Waals surface area contributed by atoms with Crippen molar-refractivity contribution in [3.8, 4) is 0 Å². The molecule has 7 heteroatoms. The van der Waals surface area contributed by atoms with Crippen LogP contribution in [0.5, 0.6) is 0 Å². The van der Waals surface area contributed by atoms with E-state index in [0.717, 1.165) is 15.9 Å². The fourth-order valence-corrected chi connectivity index (χ4v) is 9.22. The minimum atomic E-state index is -3.95. The van der Waals surface area contributed by atoms with Crippen LogP contribution >= 0.6 is 6.83 Å². The van der Waals surface area contributed by atoms with E-state index < -0.39 is 6.83 Å². The second kappa shape index (κ2) is 11.3. The number of carbonyl (C=O) groups excluding carboxylic acids is 2. The van der Waals surface area contributed by atoms with Crippen LogP contribution in [0.4, 0.5) is 0 Å². The van der Waals surface area contributed by atoms with E-state index in [9.17, 15) is 14.5 Å². The second-order valence-corrected chi connectivity index (χ2v) is 13.1. The van der Waals surface area contributed by atoms with Gasteiger partial charge in [-0.15, -0.1) is 0 Å². The molecule has 0 radical (unpaired) electrons. The summed E-state index contributed by atoms with van der Waals surface area (Å²) >= 11 is 0. The first kappa shape index (κ1) is 25.2. The summed E-state index contributed by atoms with van der Waals surface area (Å²) in [7, 11) is 0. The normalized spacial score (nSPS) is 12.2. The third-order valence-corrected chi connectivity index (χ3v) is 11.7. The van der Waals surface area contributed by atoms with E-state index in [1.165, 1.54) is 6.20 Å². The van der Waals surface area contributed by atoms with E-state index >= 15 is 0 Å². The summed E-state index contributed by atoms with van der Waals surface area (Å²) < 4.78 is 0. The molecule has 3 aromatic carbocycles. The molecule has 184 valence electrons. The van der Waals surface area contributed by atoms with Crippen LogP contribution in [0.15, 0.2) is 116 Å². The maximum absolute atomic E-state index is 13.0. The van der Waals surface area contributed by atoms with E-state index in [4.69, 9.17) is 0 Å². The molecule has 0 bridgehead atoms. The summed E-state index contributed by atoms with van der Waals surface area (Å²) in [5.41, 5.74) is 0.468. The molecule has 2 amide bonds. The molecule has 0 saturated heterocycles. The van der Waals surface area contributed by atoms with E-state index in [0.29, 0.717) is 5.56 Å². The minimum absolute atomic E-state index is 0.129. The molecule has 0 spiro atoms. The number of nitrogens with zero attached hydrogens (tertiary/aromatic N) is 1. The van der Waals surface area contributed by atoms with Gasteiger partial charge in [0.2, 0.25) is 0 Å². The molecule has 4 rings (SSSR count). The molecule has 0 aliphatic heterocycles. The van der Waals surface area contributed by atoms with Gasteiger partial charge in [0.15, 0.2) is 0 Å². The average molecular weight is 500 g/mol. The monoisotopic (exact) mass is 499 g/mol. The fraction of sp³-hybridized carbons (Fsp3) is 0.138. The summed E-state index contributed by atoms with van der Waals surface area (Å²) in [5, 5.41) is 8.10. The maximum atomic E-state index is 13.0. The van der Waals surface area contributed by atoms with Crippen molar-refractivity contribution in [3.05, 3.63) is 121 Å². The molecular weight excluding hydrogens is 469 g/mol. The van der Waals surface area contributed by atoms with Crippen LogP contribution in [0.2, 0.25) is 0 Å². The zero-order valence-electron chi connectivity index (χ0n) is 20.0. The van der Waals surface area contributed by atoms with Gasteiger partial charge in [-0.05, 0) is 0 Å². The van der Waals surface area contributed by atoms with Crippen LogP contribution in [0.25, 0.3) is 0 Å². The van der Waals surface area contributed by atoms with Gasteiger partial charge in [-0.1, -0.05) is 0 Å². The standard InChI is InChI=1S/C29H30N3O3P/c33-28(31-20-21-32-29(34)24-11-10-19-30-23-24)18-22-36(35,25-12-4-1-5-13-25,26-14-6-2-7-15-26)27-16-8-3-9-17-27/h1-17,19,23,35H,18,20-22H2,(H,31,33)(H,32,34). The summed E-state index contributed by atoms with van der Waals surface area (Å²) in [6.45, 7) is -3.37. The van der Waals surface area contributed by atoms with Gasteiger partial charge in [0.1, 0.15) is 0 Å². The SMILES string of the molecule is O=C(CCP(O)(c1ccccc1)(c1ccccc1)c1ccccc1)NCCNC(=O)c1cccnc1. The van der Waals surface area contributed by atoms with Crippen LogP contribution in [0.3, 0.4) is 0 Å². The molecule has 0 atom stereocenters. The van der Waals surface area contributed by atoms with Gasteiger partial charge in [0, 0.05) is 0 Å². The van der Waals surface area contributed by atoms with E-state index in [1.807, 2.05) is 91.0 Å². The third-order valence-electron chi connectivity index (χ3n) is 6.37. The number of carbonyl (C=O) groups is 2. The number of hydrogen-bond acceptors (Lipinski definition) is 4. The fourth-order valence-electron chi connectivity index (χ4n) is 4.47. The van der Waals surface area contributed by atoms with Gasteiger partial charge in [-0.25, -0.2) is 0 Å². The summed E-state index contributed by atoms with van der Waals surface area (Å²) in [6, 6.07) is 32.4. The van der Waals surface area contributed by atoms with Crippen molar-refractivity contribution in [1.82, 2.24) is 15.6 Å². The van der Waals surface area contributed by atoms with Crippen molar-refractivity contribution in [1.29, 1.82) is 0 Å². The molecule has 36 heavy (non-hydrogen) atoms. The van der Waals surface area contributed by atoms with Gasteiger partial charge in [0.25, 0.3) is 0 Å². The summed E-state index contributed by atoms with van der Waals surface area (Å²) in [6.07, 6.45) is 3.49. The predicted molar refractivity (Wildman–Crippen MR) is 146 cm³/mol. The number of benzene rings is 3. The van der Waals surface area contributed by atoms with Gasteiger partial charge >= 0.3 is 211 Å². The van der Waals surface area contributed by atoms with Crippen LogP contribution < -0.4 is 26.5 Å². The van der Waals surface area contributed by atoms with Gasteiger partial charge in [-0.2, -0.15) is 0 Å². The molecule has 0 saturated carbocycles. The molecule has 0 unspecified atom stereocenters. The molecule has 1 heterocycles. The number of nitrogens with one attached hydrogen (secondary N) is 2. The Balaban J connectivity index is 1.53. The quantitative estimate of drug-likeness (QED) is 0.231. The van der Waals surface area contributed by atoms with Crippen LogP contribution in [0, 0.1) is 0 Å². The molecule has 0 aliphatic rings. The summed E-state index contributed by atoms with van der Waals surface area (Å²) in [5.74, 6) is -0.425. The van der Waals surface area contributed by atoms with Gasteiger partial charge in [-0.3, -0.25) is 0 Å². The molecule has 6 nitrogen and oxygen atoms in total. The molecule has 0 aliphatic carbocycles. The van der Waals surface area contributed by atoms with Crippen LogP contribution in [-0.4, -0.2) is 40.9 Å². The molecule has 0 fully saturated rings. The number of hydrogen-bond donors (Lipinski definition) is 3. The molecule has 3 N–H and O–H groups in total. The topological polar surface area (TPSA) is 91.3 Å². The predicted octanol–water partition coefficient (Wildman–Crippen LogP) is 2.75. The Morgan fingerprint density at radius 3 is 1.67 bits per heavy atom. The molecule has 4 aromatic rings. The number of rotatable bonds is 10. The Morgan fingerprint density at radius 2 is 1.19 bits per heavy atom. The van der Waals surface area contributed by atoms with E-state index in [1.54, 1.807) is 18.3 Å². The van der Waals surface area contributed by atoms with Crippen molar-refractivity contribution < 1.29 is 14.5 Å².